The molecular weight excluding hydrogens is 200 g/mol. The highest BCUT2D eigenvalue weighted by Crippen LogP contribution is 2.26. The zero-order valence-electron chi connectivity index (χ0n) is 10.9. The van der Waals surface area contributed by atoms with Crippen LogP contribution in [0.15, 0.2) is 10.2 Å². The molecule has 0 heterocycles. The maximum absolute atomic E-state index is 9.08. The molecular formula is C12H20N4. The summed E-state index contributed by atoms with van der Waals surface area (Å²) in [5.41, 5.74) is -1.71. The molecule has 0 radical (unpaired) electrons. The molecule has 0 aliphatic rings. The van der Waals surface area contributed by atoms with Crippen molar-refractivity contribution in [2.24, 2.45) is 22.1 Å². The molecule has 2 atom stereocenters. The lowest BCUT2D eigenvalue weighted by atomic mass is 9.90. The van der Waals surface area contributed by atoms with Crippen LogP contribution in [0, 0.1) is 34.5 Å². The number of azo groups is 1. The van der Waals surface area contributed by atoms with Gasteiger partial charge in [-0.2, -0.15) is 20.8 Å². The highest BCUT2D eigenvalue weighted by molar-refractivity contribution is 5.09. The molecule has 0 aromatic heterocycles. The highest BCUT2D eigenvalue weighted by atomic mass is 15.2. The van der Waals surface area contributed by atoms with Gasteiger partial charge in [0, 0.05) is 0 Å². The fourth-order valence-corrected chi connectivity index (χ4v) is 0.742. The van der Waals surface area contributed by atoms with Crippen molar-refractivity contribution in [1.29, 1.82) is 10.5 Å². The van der Waals surface area contributed by atoms with E-state index >= 15 is 0 Å². The largest absolute Gasteiger partial charge is 0.196 e. The van der Waals surface area contributed by atoms with Gasteiger partial charge in [-0.25, -0.2) is 0 Å². The quantitative estimate of drug-likeness (QED) is 0.682. The van der Waals surface area contributed by atoms with Gasteiger partial charge in [0.25, 0.3) is 0 Å². The molecule has 0 fully saturated rings. The van der Waals surface area contributed by atoms with Crippen LogP contribution in [0.1, 0.15) is 41.5 Å². The Balaban J connectivity index is 5.12. The first-order chi connectivity index (χ1) is 7.22. The molecule has 2 unspecified atom stereocenters. The van der Waals surface area contributed by atoms with E-state index in [0.29, 0.717) is 0 Å². The van der Waals surface area contributed by atoms with Crippen molar-refractivity contribution >= 4 is 0 Å². The van der Waals surface area contributed by atoms with Gasteiger partial charge in [-0.05, 0) is 25.7 Å². The van der Waals surface area contributed by atoms with E-state index in [4.69, 9.17) is 10.5 Å². The third-order valence-electron chi connectivity index (χ3n) is 3.17. The maximum atomic E-state index is 9.08. The van der Waals surface area contributed by atoms with Crippen LogP contribution in [-0.2, 0) is 0 Å². The van der Waals surface area contributed by atoms with Crippen molar-refractivity contribution in [1.82, 2.24) is 0 Å². The molecule has 0 aliphatic heterocycles. The number of rotatable bonds is 4. The van der Waals surface area contributed by atoms with E-state index in [-0.39, 0.29) is 11.8 Å². The zero-order chi connectivity index (χ0) is 13.0. The summed E-state index contributed by atoms with van der Waals surface area (Å²) in [5.74, 6) is 0.132. The summed E-state index contributed by atoms with van der Waals surface area (Å²) >= 11 is 0. The first-order valence-corrected chi connectivity index (χ1v) is 5.48. The predicted molar refractivity (Wildman–Crippen MR) is 62.6 cm³/mol. The Hall–Kier alpha value is -1.42. The van der Waals surface area contributed by atoms with Crippen LogP contribution < -0.4 is 0 Å². The van der Waals surface area contributed by atoms with E-state index in [1.165, 1.54) is 0 Å². The Morgan fingerprint density at radius 2 is 1.06 bits per heavy atom. The molecule has 0 saturated carbocycles. The molecule has 4 heteroatoms. The topological polar surface area (TPSA) is 72.3 Å². The molecule has 0 bridgehead atoms. The molecule has 16 heavy (non-hydrogen) atoms. The lowest BCUT2D eigenvalue weighted by Crippen LogP contribution is -2.31. The van der Waals surface area contributed by atoms with Gasteiger partial charge in [-0.1, -0.05) is 27.7 Å². The first-order valence-electron chi connectivity index (χ1n) is 5.48. The van der Waals surface area contributed by atoms with E-state index in [1.54, 1.807) is 13.8 Å². The summed E-state index contributed by atoms with van der Waals surface area (Å²) in [6, 6.07) is 4.29. The summed E-state index contributed by atoms with van der Waals surface area (Å²) < 4.78 is 0. The summed E-state index contributed by atoms with van der Waals surface area (Å²) in [5, 5.41) is 26.3. The zero-order valence-corrected chi connectivity index (χ0v) is 10.9. The predicted octanol–water partition coefficient (Wildman–Crippen LogP) is 3.32. The summed E-state index contributed by atoms with van der Waals surface area (Å²) in [4.78, 5) is 0. The smallest absolute Gasteiger partial charge is 0.167 e. The lowest BCUT2D eigenvalue weighted by Gasteiger charge is -2.24. The first kappa shape index (κ1) is 14.6. The van der Waals surface area contributed by atoms with E-state index in [2.05, 4.69) is 22.4 Å². The van der Waals surface area contributed by atoms with Gasteiger partial charge in [0.1, 0.15) is 0 Å². The summed E-state index contributed by atoms with van der Waals surface area (Å²) in [7, 11) is 0. The lowest BCUT2D eigenvalue weighted by molar-refractivity contribution is 0.357. The van der Waals surface area contributed by atoms with Gasteiger partial charge in [0.15, 0.2) is 11.1 Å². The van der Waals surface area contributed by atoms with E-state index < -0.39 is 11.1 Å². The fraction of sp³-hybridized carbons (Fsp3) is 0.833. The second-order valence-corrected chi connectivity index (χ2v) is 5.03. The number of hydrogen-bond donors (Lipinski definition) is 0. The number of nitriles is 2. The molecule has 0 rings (SSSR count). The van der Waals surface area contributed by atoms with Crippen molar-refractivity contribution in [3.63, 3.8) is 0 Å². The van der Waals surface area contributed by atoms with Crippen LogP contribution in [0.3, 0.4) is 0 Å². The van der Waals surface area contributed by atoms with Gasteiger partial charge >= 0.3 is 0 Å². The van der Waals surface area contributed by atoms with Crippen LogP contribution >= 0.6 is 0 Å². The average molecular weight is 220 g/mol. The third-order valence-corrected chi connectivity index (χ3v) is 3.17. The van der Waals surface area contributed by atoms with Crippen LogP contribution in [0.2, 0.25) is 0 Å². The Morgan fingerprint density at radius 1 is 0.812 bits per heavy atom. The highest BCUT2D eigenvalue weighted by Gasteiger charge is 2.32. The molecule has 0 N–H and O–H groups in total. The van der Waals surface area contributed by atoms with E-state index in [0.717, 1.165) is 0 Å². The minimum absolute atomic E-state index is 0.0661. The Bertz CT molecular complexity index is 311. The fourth-order valence-electron chi connectivity index (χ4n) is 0.742. The molecule has 0 saturated heterocycles. The standard InChI is InChI=1S/C12H20N4/c1-9(2)11(5,7-13)15-16-12(6,8-14)10(3)4/h9-10H,1-6H3. The van der Waals surface area contributed by atoms with Gasteiger partial charge < -0.3 is 0 Å². The molecule has 0 spiro atoms. The maximum Gasteiger partial charge on any atom is 0.167 e. The normalized spacial score (nSPS) is 19.1. The van der Waals surface area contributed by atoms with E-state index in [1.807, 2.05) is 27.7 Å². The second kappa shape index (κ2) is 5.07. The van der Waals surface area contributed by atoms with Crippen molar-refractivity contribution in [2.75, 3.05) is 0 Å². The monoisotopic (exact) mass is 220 g/mol. The Labute approximate surface area is 98.0 Å². The van der Waals surface area contributed by atoms with Gasteiger partial charge in [-0.3, -0.25) is 0 Å². The van der Waals surface area contributed by atoms with Gasteiger partial charge in [-0.15, -0.1) is 0 Å². The summed E-state index contributed by atoms with van der Waals surface area (Å²) in [6.07, 6.45) is 0. The van der Waals surface area contributed by atoms with Crippen LogP contribution in [-0.4, -0.2) is 11.1 Å². The SMILES string of the molecule is CC(C)C(C)(C#N)N=NC(C)(C#N)C(C)C. The second-order valence-electron chi connectivity index (χ2n) is 5.03. The van der Waals surface area contributed by atoms with Crippen molar-refractivity contribution in [3.05, 3.63) is 0 Å². The van der Waals surface area contributed by atoms with Crippen molar-refractivity contribution in [3.8, 4) is 12.1 Å². The van der Waals surface area contributed by atoms with E-state index in [9.17, 15) is 0 Å². The average Bonchev–Trinajstić information content (AvgIpc) is 2.24. The number of nitrogens with zero attached hydrogens (tertiary/aromatic N) is 4. The molecule has 0 aromatic rings. The molecule has 0 aliphatic carbocycles. The van der Waals surface area contributed by atoms with Crippen LogP contribution in [0.5, 0.6) is 0 Å². The Kier molecular flexibility index (Phi) is 4.62. The molecule has 4 nitrogen and oxygen atoms in total. The Morgan fingerprint density at radius 3 is 1.19 bits per heavy atom. The van der Waals surface area contributed by atoms with Crippen LogP contribution in [0.4, 0.5) is 0 Å². The van der Waals surface area contributed by atoms with Crippen LogP contribution in [0.25, 0.3) is 0 Å². The van der Waals surface area contributed by atoms with Gasteiger partial charge in [0.05, 0.1) is 12.1 Å². The van der Waals surface area contributed by atoms with Crippen molar-refractivity contribution in [2.45, 2.75) is 52.6 Å². The molecule has 0 amide bonds. The van der Waals surface area contributed by atoms with Crippen molar-refractivity contribution < 1.29 is 0 Å². The molecule has 88 valence electrons. The van der Waals surface area contributed by atoms with Gasteiger partial charge in [0.2, 0.25) is 0 Å². The third kappa shape index (κ3) is 3.03. The number of hydrogen-bond acceptors (Lipinski definition) is 4. The minimum Gasteiger partial charge on any atom is -0.196 e. The minimum atomic E-state index is -0.854. The summed E-state index contributed by atoms with van der Waals surface area (Å²) in [6.45, 7) is 11.1. The molecule has 0 aromatic carbocycles.